The average Bonchev–Trinajstić information content (AvgIpc) is 2.59. The zero-order chi connectivity index (χ0) is 16.1. The van der Waals surface area contributed by atoms with Crippen LogP contribution in [-0.4, -0.2) is 31.5 Å². The standard InChI is InChI=1S/C17H20O5/c1-20-11-7-8-16(22-3)13(9-11)17(19)12-5-4-6-15(21-2)14(12)10-18/h4-9,17-19H,10H2,1-3H3. The van der Waals surface area contributed by atoms with Crippen LogP contribution < -0.4 is 14.2 Å². The Balaban J connectivity index is 2.54. The maximum absolute atomic E-state index is 10.8. The van der Waals surface area contributed by atoms with Crippen LogP contribution >= 0.6 is 0 Å². The molecular formula is C17H20O5. The summed E-state index contributed by atoms with van der Waals surface area (Å²) in [5.74, 6) is 1.68. The van der Waals surface area contributed by atoms with E-state index in [2.05, 4.69) is 0 Å². The second-order valence-corrected chi connectivity index (χ2v) is 4.70. The summed E-state index contributed by atoms with van der Waals surface area (Å²) in [4.78, 5) is 0. The molecule has 2 aromatic carbocycles. The Hall–Kier alpha value is -2.24. The van der Waals surface area contributed by atoms with Gasteiger partial charge in [-0.3, -0.25) is 0 Å². The van der Waals surface area contributed by atoms with E-state index in [1.165, 1.54) is 14.2 Å². The van der Waals surface area contributed by atoms with Gasteiger partial charge in [-0.15, -0.1) is 0 Å². The molecule has 1 unspecified atom stereocenters. The van der Waals surface area contributed by atoms with Crippen LogP contribution in [0.2, 0.25) is 0 Å². The van der Waals surface area contributed by atoms with Crippen molar-refractivity contribution in [3.8, 4) is 17.2 Å². The van der Waals surface area contributed by atoms with Crippen molar-refractivity contribution in [2.24, 2.45) is 0 Å². The fourth-order valence-corrected chi connectivity index (χ4v) is 2.42. The van der Waals surface area contributed by atoms with Crippen molar-refractivity contribution in [3.63, 3.8) is 0 Å². The summed E-state index contributed by atoms with van der Waals surface area (Å²) in [6.07, 6.45) is -0.970. The first kappa shape index (κ1) is 16.1. The van der Waals surface area contributed by atoms with Crippen LogP contribution in [0.3, 0.4) is 0 Å². The quantitative estimate of drug-likeness (QED) is 0.857. The van der Waals surface area contributed by atoms with Crippen LogP contribution in [0.5, 0.6) is 17.2 Å². The van der Waals surface area contributed by atoms with Crippen molar-refractivity contribution in [2.45, 2.75) is 12.7 Å². The van der Waals surface area contributed by atoms with Crippen molar-refractivity contribution < 1.29 is 24.4 Å². The zero-order valence-electron chi connectivity index (χ0n) is 12.9. The predicted octanol–water partition coefficient (Wildman–Crippen LogP) is 2.29. The van der Waals surface area contributed by atoms with Gasteiger partial charge in [0.15, 0.2) is 0 Å². The maximum atomic E-state index is 10.8. The van der Waals surface area contributed by atoms with Crippen molar-refractivity contribution in [3.05, 3.63) is 53.1 Å². The lowest BCUT2D eigenvalue weighted by Crippen LogP contribution is -2.07. The first-order valence-corrected chi connectivity index (χ1v) is 6.82. The van der Waals surface area contributed by atoms with Gasteiger partial charge in [0, 0.05) is 11.1 Å². The summed E-state index contributed by atoms with van der Waals surface area (Å²) < 4.78 is 15.7. The van der Waals surface area contributed by atoms with Crippen molar-refractivity contribution in [1.29, 1.82) is 0 Å². The van der Waals surface area contributed by atoms with E-state index < -0.39 is 6.10 Å². The van der Waals surface area contributed by atoms with E-state index in [-0.39, 0.29) is 6.61 Å². The van der Waals surface area contributed by atoms with Crippen molar-refractivity contribution in [1.82, 2.24) is 0 Å². The van der Waals surface area contributed by atoms with Crippen molar-refractivity contribution in [2.75, 3.05) is 21.3 Å². The first-order valence-electron chi connectivity index (χ1n) is 6.82. The lowest BCUT2D eigenvalue weighted by atomic mass is 9.95. The van der Waals surface area contributed by atoms with Gasteiger partial charge in [-0.2, -0.15) is 0 Å². The normalized spacial score (nSPS) is 11.9. The highest BCUT2D eigenvalue weighted by Crippen LogP contribution is 2.36. The minimum Gasteiger partial charge on any atom is -0.497 e. The molecule has 0 amide bonds. The minimum atomic E-state index is -0.970. The Morgan fingerprint density at radius 1 is 0.909 bits per heavy atom. The minimum absolute atomic E-state index is 0.233. The summed E-state index contributed by atoms with van der Waals surface area (Å²) in [6, 6.07) is 10.5. The third-order valence-electron chi connectivity index (χ3n) is 3.57. The van der Waals surface area contributed by atoms with E-state index in [1.807, 2.05) is 0 Å². The number of hydrogen-bond donors (Lipinski definition) is 2. The second kappa shape index (κ2) is 7.15. The lowest BCUT2D eigenvalue weighted by molar-refractivity contribution is 0.205. The molecule has 5 nitrogen and oxygen atoms in total. The zero-order valence-corrected chi connectivity index (χ0v) is 12.9. The number of hydrogen-bond acceptors (Lipinski definition) is 5. The highest BCUT2D eigenvalue weighted by atomic mass is 16.5. The van der Waals surface area contributed by atoms with E-state index in [4.69, 9.17) is 14.2 Å². The molecule has 0 aromatic heterocycles. The van der Waals surface area contributed by atoms with Gasteiger partial charge in [0.25, 0.3) is 0 Å². The number of benzene rings is 2. The van der Waals surface area contributed by atoms with E-state index in [9.17, 15) is 10.2 Å². The third-order valence-corrected chi connectivity index (χ3v) is 3.57. The van der Waals surface area contributed by atoms with Gasteiger partial charge in [-0.25, -0.2) is 0 Å². The van der Waals surface area contributed by atoms with Crippen LogP contribution in [0.1, 0.15) is 22.8 Å². The largest absolute Gasteiger partial charge is 0.497 e. The molecule has 2 aromatic rings. The lowest BCUT2D eigenvalue weighted by Gasteiger charge is -2.20. The fourth-order valence-electron chi connectivity index (χ4n) is 2.42. The molecule has 0 aliphatic rings. The van der Waals surface area contributed by atoms with E-state index in [0.717, 1.165) is 0 Å². The number of aliphatic hydroxyl groups excluding tert-OH is 2. The van der Waals surface area contributed by atoms with Gasteiger partial charge in [-0.05, 0) is 29.8 Å². The maximum Gasteiger partial charge on any atom is 0.125 e. The molecule has 0 saturated carbocycles. The average molecular weight is 304 g/mol. The van der Waals surface area contributed by atoms with Gasteiger partial charge >= 0.3 is 0 Å². The Labute approximate surface area is 129 Å². The van der Waals surface area contributed by atoms with E-state index in [0.29, 0.717) is 33.9 Å². The Morgan fingerprint density at radius 2 is 1.64 bits per heavy atom. The SMILES string of the molecule is COc1ccc(OC)c(C(O)c2cccc(OC)c2CO)c1. The molecule has 0 aliphatic heterocycles. The Morgan fingerprint density at radius 3 is 2.23 bits per heavy atom. The van der Waals surface area contributed by atoms with Crippen molar-refractivity contribution >= 4 is 0 Å². The summed E-state index contributed by atoms with van der Waals surface area (Å²) >= 11 is 0. The highest BCUT2D eigenvalue weighted by Gasteiger charge is 2.21. The van der Waals surface area contributed by atoms with Gasteiger partial charge in [-0.1, -0.05) is 12.1 Å². The number of rotatable bonds is 6. The molecule has 2 rings (SSSR count). The molecule has 0 heterocycles. The molecule has 0 fully saturated rings. The van der Waals surface area contributed by atoms with Gasteiger partial charge in [0.1, 0.15) is 23.4 Å². The third kappa shape index (κ3) is 3.00. The van der Waals surface area contributed by atoms with E-state index in [1.54, 1.807) is 43.5 Å². The number of ether oxygens (including phenoxy) is 3. The van der Waals surface area contributed by atoms with Crippen LogP contribution in [-0.2, 0) is 6.61 Å². The van der Waals surface area contributed by atoms with Crippen LogP contribution in [0, 0.1) is 0 Å². The molecule has 118 valence electrons. The molecule has 22 heavy (non-hydrogen) atoms. The molecule has 0 radical (unpaired) electrons. The first-order chi connectivity index (χ1) is 10.7. The molecule has 0 spiro atoms. The highest BCUT2D eigenvalue weighted by molar-refractivity contribution is 5.49. The smallest absolute Gasteiger partial charge is 0.125 e. The predicted molar refractivity (Wildman–Crippen MR) is 82.5 cm³/mol. The van der Waals surface area contributed by atoms with Gasteiger partial charge in [0.2, 0.25) is 0 Å². The molecular weight excluding hydrogens is 284 g/mol. The van der Waals surface area contributed by atoms with Crippen LogP contribution in [0.4, 0.5) is 0 Å². The van der Waals surface area contributed by atoms with Crippen LogP contribution in [0.15, 0.2) is 36.4 Å². The fraction of sp³-hybridized carbons (Fsp3) is 0.294. The molecule has 0 saturated heterocycles. The molecule has 2 N–H and O–H groups in total. The monoisotopic (exact) mass is 304 g/mol. The number of methoxy groups -OCH3 is 3. The summed E-state index contributed by atoms with van der Waals surface area (Å²) in [5.41, 5.74) is 1.67. The second-order valence-electron chi connectivity index (χ2n) is 4.70. The molecule has 1 atom stereocenters. The van der Waals surface area contributed by atoms with Gasteiger partial charge in [0.05, 0.1) is 27.9 Å². The molecule has 5 heteroatoms. The molecule has 0 bridgehead atoms. The topological polar surface area (TPSA) is 68.2 Å². The summed E-state index contributed by atoms with van der Waals surface area (Å²) in [5, 5.41) is 20.4. The summed E-state index contributed by atoms with van der Waals surface area (Å²) in [7, 11) is 4.62. The van der Waals surface area contributed by atoms with Crippen LogP contribution in [0.25, 0.3) is 0 Å². The number of aliphatic hydroxyl groups is 2. The van der Waals surface area contributed by atoms with Gasteiger partial charge < -0.3 is 24.4 Å². The molecule has 0 aliphatic carbocycles. The Kier molecular flexibility index (Phi) is 5.25. The van der Waals surface area contributed by atoms with E-state index >= 15 is 0 Å². The summed E-state index contributed by atoms with van der Waals surface area (Å²) in [6.45, 7) is -0.233. The Bertz CT molecular complexity index is 637.